The van der Waals surface area contributed by atoms with Gasteiger partial charge in [0.2, 0.25) is 15.9 Å². The van der Waals surface area contributed by atoms with Crippen LogP contribution in [0.25, 0.3) is 0 Å². The van der Waals surface area contributed by atoms with E-state index >= 15 is 0 Å². The van der Waals surface area contributed by atoms with E-state index in [1.165, 1.54) is 32.0 Å². The van der Waals surface area contributed by atoms with Gasteiger partial charge in [0.05, 0.1) is 23.6 Å². The normalized spacial score (nSPS) is 13.0. The van der Waals surface area contributed by atoms with Gasteiger partial charge in [0.1, 0.15) is 5.75 Å². The monoisotopic (exact) mass is 464 g/mol. The van der Waals surface area contributed by atoms with Crippen molar-refractivity contribution in [3.05, 3.63) is 58.6 Å². The average molecular weight is 465 g/mol. The molecule has 0 saturated heterocycles. The molecule has 0 aliphatic carbocycles. The molecule has 0 aliphatic heterocycles. The van der Waals surface area contributed by atoms with Crippen molar-refractivity contribution in [1.29, 1.82) is 0 Å². The lowest BCUT2D eigenvalue weighted by Gasteiger charge is -2.23. The van der Waals surface area contributed by atoms with Crippen LogP contribution in [0.1, 0.15) is 18.1 Å². The van der Waals surface area contributed by atoms with Crippen molar-refractivity contribution in [1.82, 2.24) is 9.62 Å². The van der Waals surface area contributed by atoms with Gasteiger partial charge >= 0.3 is 6.18 Å². The summed E-state index contributed by atoms with van der Waals surface area (Å²) in [6, 6.07) is 7.28. The SMILES string of the molecule is COc1ccc(Cl)cc1CN(C)C(=O)[C@H](C)NS(=O)(=O)c1ccccc1C(F)(F)F. The summed E-state index contributed by atoms with van der Waals surface area (Å²) in [4.78, 5) is 12.9. The Bertz CT molecular complexity index is 1030. The van der Waals surface area contributed by atoms with Crippen molar-refractivity contribution in [3.63, 3.8) is 0 Å². The number of carbonyl (C=O) groups is 1. The highest BCUT2D eigenvalue weighted by molar-refractivity contribution is 7.89. The number of methoxy groups -OCH3 is 1. The van der Waals surface area contributed by atoms with Crippen LogP contribution in [-0.2, 0) is 27.5 Å². The summed E-state index contributed by atoms with van der Waals surface area (Å²) in [5.41, 5.74) is -0.729. The van der Waals surface area contributed by atoms with Gasteiger partial charge in [0, 0.05) is 24.2 Å². The summed E-state index contributed by atoms with van der Waals surface area (Å²) in [6.07, 6.45) is -4.86. The lowest BCUT2D eigenvalue weighted by Crippen LogP contribution is -2.45. The predicted molar refractivity (Wildman–Crippen MR) is 106 cm³/mol. The van der Waals surface area contributed by atoms with E-state index in [9.17, 15) is 26.4 Å². The standard InChI is InChI=1S/C19H20ClF3N2O4S/c1-12(18(26)25(2)11-13-10-14(20)8-9-16(13)29-3)24-30(27,28)17-7-5-4-6-15(17)19(21,22)23/h4-10,12,24H,11H2,1-3H3/t12-/m0/s1. The number of carbonyl (C=O) groups excluding carboxylic acids is 1. The largest absolute Gasteiger partial charge is 0.496 e. The first kappa shape index (κ1) is 24.0. The fourth-order valence-corrected chi connectivity index (χ4v) is 4.44. The number of nitrogens with zero attached hydrogens (tertiary/aromatic N) is 1. The van der Waals surface area contributed by atoms with Gasteiger partial charge in [-0.25, -0.2) is 8.42 Å². The van der Waals surface area contributed by atoms with Crippen molar-refractivity contribution >= 4 is 27.5 Å². The number of rotatable bonds is 7. The van der Waals surface area contributed by atoms with Crippen LogP contribution in [0, 0.1) is 0 Å². The lowest BCUT2D eigenvalue weighted by molar-refractivity contribution is -0.139. The van der Waals surface area contributed by atoms with Crippen LogP contribution in [0.15, 0.2) is 47.4 Å². The molecule has 0 heterocycles. The summed E-state index contributed by atoms with van der Waals surface area (Å²) >= 11 is 5.96. The number of hydrogen-bond acceptors (Lipinski definition) is 4. The lowest BCUT2D eigenvalue weighted by atomic mass is 10.2. The second-order valence-electron chi connectivity index (χ2n) is 6.49. The third-order valence-corrected chi connectivity index (χ3v) is 6.04. The molecule has 1 atom stereocenters. The number of sulfonamides is 1. The molecular formula is C19H20ClF3N2O4S. The molecule has 0 aliphatic rings. The number of ether oxygens (including phenoxy) is 1. The molecule has 0 fully saturated rings. The molecular weight excluding hydrogens is 445 g/mol. The Kier molecular flexibility index (Phi) is 7.38. The summed E-state index contributed by atoms with van der Waals surface area (Å²) in [7, 11) is -1.73. The van der Waals surface area contributed by atoms with E-state index in [1.807, 2.05) is 4.72 Å². The molecule has 0 bridgehead atoms. The topological polar surface area (TPSA) is 75.7 Å². The maximum Gasteiger partial charge on any atom is 0.417 e. The fraction of sp³-hybridized carbons (Fsp3) is 0.316. The third kappa shape index (κ3) is 5.65. The number of likely N-dealkylation sites (N-methyl/N-ethyl adjacent to an activating group) is 1. The van der Waals surface area contributed by atoms with Gasteiger partial charge in [-0.05, 0) is 37.3 Å². The van der Waals surface area contributed by atoms with Crippen LogP contribution in [0.2, 0.25) is 5.02 Å². The molecule has 0 aromatic heterocycles. The van der Waals surface area contributed by atoms with Crippen LogP contribution in [0.4, 0.5) is 13.2 Å². The number of benzene rings is 2. The molecule has 1 N–H and O–H groups in total. The maximum absolute atomic E-state index is 13.2. The minimum Gasteiger partial charge on any atom is -0.496 e. The van der Waals surface area contributed by atoms with Crippen LogP contribution >= 0.6 is 11.6 Å². The second-order valence-corrected chi connectivity index (χ2v) is 8.61. The van der Waals surface area contributed by atoms with Crippen molar-refractivity contribution < 1.29 is 31.1 Å². The zero-order chi connectivity index (χ0) is 22.7. The summed E-state index contributed by atoms with van der Waals surface area (Å²) in [6.45, 7) is 1.30. The Morgan fingerprint density at radius 2 is 1.87 bits per heavy atom. The van der Waals surface area contributed by atoms with Crippen LogP contribution in [-0.4, -0.2) is 39.4 Å². The van der Waals surface area contributed by atoms with Gasteiger partial charge in [-0.3, -0.25) is 4.79 Å². The van der Waals surface area contributed by atoms with Crippen LogP contribution < -0.4 is 9.46 Å². The molecule has 0 spiro atoms. The fourth-order valence-electron chi connectivity index (χ4n) is 2.82. The highest BCUT2D eigenvalue weighted by atomic mass is 35.5. The Morgan fingerprint density at radius 3 is 2.47 bits per heavy atom. The molecule has 6 nitrogen and oxygen atoms in total. The number of hydrogen-bond donors (Lipinski definition) is 1. The summed E-state index contributed by atoms with van der Waals surface area (Å²) in [5, 5.41) is 0.421. The van der Waals surface area contributed by atoms with Gasteiger partial charge < -0.3 is 9.64 Å². The first-order valence-electron chi connectivity index (χ1n) is 8.62. The van der Waals surface area contributed by atoms with Crippen molar-refractivity contribution in [3.8, 4) is 5.75 Å². The molecule has 11 heteroatoms. The molecule has 1 amide bonds. The van der Waals surface area contributed by atoms with Crippen LogP contribution in [0.3, 0.4) is 0 Å². The zero-order valence-electron chi connectivity index (χ0n) is 16.3. The third-order valence-electron chi connectivity index (χ3n) is 4.21. The molecule has 0 radical (unpaired) electrons. The van der Waals surface area contributed by atoms with E-state index in [0.717, 1.165) is 12.1 Å². The van der Waals surface area contributed by atoms with Gasteiger partial charge in [-0.15, -0.1) is 0 Å². The van der Waals surface area contributed by atoms with E-state index in [4.69, 9.17) is 16.3 Å². The predicted octanol–water partition coefficient (Wildman–Crippen LogP) is 3.69. The smallest absolute Gasteiger partial charge is 0.417 e. The Morgan fingerprint density at radius 1 is 1.23 bits per heavy atom. The van der Waals surface area contributed by atoms with Gasteiger partial charge in [-0.2, -0.15) is 17.9 Å². The van der Waals surface area contributed by atoms with E-state index in [2.05, 4.69) is 0 Å². The summed E-state index contributed by atoms with van der Waals surface area (Å²) in [5.74, 6) is -0.170. The highest BCUT2D eigenvalue weighted by Crippen LogP contribution is 2.34. The number of nitrogens with one attached hydrogen (secondary N) is 1. The maximum atomic E-state index is 13.2. The Balaban J connectivity index is 2.20. The molecule has 2 rings (SSSR count). The van der Waals surface area contributed by atoms with E-state index < -0.39 is 38.6 Å². The first-order chi connectivity index (χ1) is 13.9. The van der Waals surface area contributed by atoms with Gasteiger partial charge in [0.25, 0.3) is 0 Å². The van der Waals surface area contributed by atoms with Crippen molar-refractivity contribution in [2.45, 2.75) is 30.6 Å². The van der Waals surface area contributed by atoms with Gasteiger partial charge in [0.15, 0.2) is 0 Å². The van der Waals surface area contributed by atoms with Crippen molar-refractivity contribution in [2.75, 3.05) is 14.2 Å². The molecule has 2 aromatic rings. The van der Waals surface area contributed by atoms with E-state index in [0.29, 0.717) is 22.4 Å². The van der Waals surface area contributed by atoms with E-state index in [-0.39, 0.29) is 6.54 Å². The summed E-state index contributed by atoms with van der Waals surface area (Å²) < 4.78 is 71.7. The highest BCUT2D eigenvalue weighted by Gasteiger charge is 2.37. The number of amides is 1. The minimum atomic E-state index is -4.86. The number of alkyl halides is 3. The second kappa shape index (κ2) is 9.23. The first-order valence-corrected chi connectivity index (χ1v) is 10.5. The van der Waals surface area contributed by atoms with Crippen molar-refractivity contribution in [2.24, 2.45) is 0 Å². The van der Waals surface area contributed by atoms with Crippen LogP contribution in [0.5, 0.6) is 5.75 Å². The molecule has 164 valence electrons. The molecule has 0 unspecified atom stereocenters. The Labute approximate surface area is 177 Å². The number of halogens is 4. The molecule has 0 saturated carbocycles. The average Bonchev–Trinajstić information content (AvgIpc) is 2.66. The van der Waals surface area contributed by atoms with E-state index in [1.54, 1.807) is 18.2 Å². The quantitative estimate of drug-likeness (QED) is 0.678. The molecule has 30 heavy (non-hydrogen) atoms. The minimum absolute atomic E-state index is 0.0494. The Hall–Kier alpha value is -2.30. The van der Waals surface area contributed by atoms with Gasteiger partial charge in [-0.1, -0.05) is 23.7 Å². The molecule has 2 aromatic carbocycles. The zero-order valence-corrected chi connectivity index (χ0v) is 17.9.